The van der Waals surface area contributed by atoms with E-state index >= 15 is 0 Å². The van der Waals surface area contributed by atoms with Crippen LogP contribution in [0, 0.1) is 0 Å². The number of nitrogens with two attached hydrogens (primary N) is 1. The molecule has 0 atom stereocenters. The monoisotopic (exact) mass is 438 g/mol. The third-order valence-corrected chi connectivity index (χ3v) is 6.46. The van der Waals surface area contributed by atoms with Crippen molar-refractivity contribution in [3.8, 4) is 32.6 Å². The van der Waals surface area contributed by atoms with Gasteiger partial charge in [0.2, 0.25) is 5.91 Å². The number of para-hydroxylation sites is 1. The van der Waals surface area contributed by atoms with Crippen molar-refractivity contribution >= 4 is 28.8 Å². The number of aromatic nitrogens is 3. The first-order valence-electron chi connectivity index (χ1n) is 9.15. The summed E-state index contributed by atoms with van der Waals surface area (Å²) in [5.74, 6) is 0.601. The van der Waals surface area contributed by atoms with Crippen LogP contribution in [-0.2, 0) is 6.42 Å². The zero-order chi connectivity index (χ0) is 20.8. The molecular weight excluding hydrogens is 424 g/mol. The Morgan fingerprint density at radius 2 is 2.07 bits per heavy atom. The molecule has 7 nitrogen and oxygen atoms in total. The Morgan fingerprint density at radius 1 is 1.23 bits per heavy atom. The molecule has 2 aromatic carbocycles. The van der Waals surface area contributed by atoms with Gasteiger partial charge in [-0.15, -0.1) is 11.3 Å². The lowest BCUT2D eigenvalue weighted by atomic mass is 10.1. The number of rotatable bonds is 3. The summed E-state index contributed by atoms with van der Waals surface area (Å²) in [5, 5.41) is 7.23. The van der Waals surface area contributed by atoms with Gasteiger partial charge < -0.3 is 10.5 Å². The van der Waals surface area contributed by atoms with Gasteiger partial charge in [-0.1, -0.05) is 23.7 Å². The van der Waals surface area contributed by atoms with Gasteiger partial charge in [0.05, 0.1) is 22.2 Å². The van der Waals surface area contributed by atoms with Crippen LogP contribution in [0.15, 0.2) is 53.3 Å². The number of thiophene rings is 1. The third kappa shape index (κ3) is 3.01. The molecule has 3 heterocycles. The fourth-order valence-electron chi connectivity index (χ4n) is 3.52. The third-order valence-electron chi connectivity index (χ3n) is 4.93. The minimum atomic E-state index is -0.502. The van der Waals surface area contributed by atoms with Gasteiger partial charge in [-0.3, -0.25) is 4.79 Å². The lowest BCUT2D eigenvalue weighted by Crippen LogP contribution is -2.15. The van der Waals surface area contributed by atoms with Crippen LogP contribution in [-0.4, -0.2) is 27.3 Å². The minimum absolute atomic E-state index is 0.364. The molecule has 4 aromatic rings. The Hall–Kier alpha value is -3.36. The van der Waals surface area contributed by atoms with Crippen LogP contribution < -0.4 is 16.2 Å². The second kappa shape index (κ2) is 7.16. The molecule has 0 unspecified atom stereocenters. The lowest BCUT2D eigenvalue weighted by molar-refractivity contribution is 0.1000. The molecule has 0 radical (unpaired) electrons. The van der Waals surface area contributed by atoms with Gasteiger partial charge in [-0.2, -0.15) is 5.10 Å². The Kier molecular flexibility index (Phi) is 4.45. The number of primary amides is 1. The van der Waals surface area contributed by atoms with E-state index in [9.17, 15) is 9.59 Å². The van der Waals surface area contributed by atoms with Crippen molar-refractivity contribution < 1.29 is 9.53 Å². The molecule has 5 rings (SSSR count). The number of nitrogens with zero attached hydrogens (tertiary/aromatic N) is 2. The second-order valence-electron chi connectivity index (χ2n) is 6.78. The summed E-state index contributed by atoms with van der Waals surface area (Å²) in [6.07, 6.45) is 0.688. The van der Waals surface area contributed by atoms with Crippen molar-refractivity contribution in [3.05, 3.63) is 75.2 Å². The number of carbonyl (C=O) groups is 1. The number of nitrogens with one attached hydrogen (secondary N) is 1. The van der Waals surface area contributed by atoms with E-state index in [2.05, 4.69) is 10.2 Å². The lowest BCUT2D eigenvalue weighted by Gasteiger charge is -2.08. The van der Waals surface area contributed by atoms with Crippen LogP contribution in [0.2, 0.25) is 5.02 Å². The van der Waals surface area contributed by atoms with Crippen LogP contribution in [0.3, 0.4) is 0 Å². The van der Waals surface area contributed by atoms with E-state index in [0.29, 0.717) is 40.9 Å². The van der Waals surface area contributed by atoms with Gasteiger partial charge in [0.1, 0.15) is 5.75 Å². The molecule has 150 valence electrons. The Morgan fingerprint density at radius 3 is 2.87 bits per heavy atom. The normalized spacial score (nSPS) is 12.6. The predicted molar refractivity (Wildman–Crippen MR) is 116 cm³/mol. The van der Waals surface area contributed by atoms with Gasteiger partial charge >= 0.3 is 5.69 Å². The van der Waals surface area contributed by atoms with E-state index in [1.165, 1.54) is 15.9 Å². The van der Waals surface area contributed by atoms with Crippen LogP contribution in [0.4, 0.5) is 0 Å². The highest BCUT2D eigenvalue weighted by Gasteiger charge is 2.23. The molecule has 0 aliphatic carbocycles. The molecule has 1 aliphatic rings. The van der Waals surface area contributed by atoms with Crippen molar-refractivity contribution in [2.24, 2.45) is 5.73 Å². The van der Waals surface area contributed by atoms with E-state index in [4.69, 9.17) is 22.1 Å². The summed E-state index contributed by atoms with van der Waals surface area (Å²) in [6, 6.07) is 14.3. The van der Waals surface area contributed by atoms with E-state index in [-0.39, 0.29) is 5.69 Å². The van der Waals surface area contributed by atoms with Gasteiger partial charge in [-0.25, -0.2) is 14.5 Å². The van der Waals surface area contributed by atoms with E-state index < -0.39 is 5.91 Å². The molecule has 9 heteroatoms. The molecule has 2 aromatic heterocycles. The summed E-state index contributed by atoms with van der Waals surface area (Å²) in [4.78, 5) is 25.8. The number of carbonyl (C=O) groups excluding carboxylic acids is 1. The molecule has 3 N–H and O–H groups in total. The number of benzene rings is 2. The average Bonchev–Trinajstić information content (AvgIpc) is 3.27. The maximum Gasteiger partial charge on any atom is 0.348 e. The number of ether oxygens (including phenoxy) is 1. The number of H-pyrrole nitrogens is 1. The predicted octanol–water partition coefficient (Wildman–Crippen LogP) is 3.64. The highest BCUT2D eigenvalue weighted by atomic mass is 35.5. The molecule has 0 spiro atoms. The van der Waals surface area contributed by atoms with Crippen LogP contribution in [0.25, 0.3) is 26.8 Å². The number of aromatic amines is 1. The zero-order valence-corrected chi connectivity index (χ0v) is 17.1. The summed E-state index contributed by atoms with van der Waals surface area (Å²) >= 11 is 7.83. The SMILES string of the molecule is NC(=O)c1ccc2c(c1)OCCc1cc(-c3n[nH]c(=O)n3-c3ccccc3Cl)sc1-2. The number of fused-ring (bicyclic) bond motifs is 3. The van der Waals surface area contributed by atoms with Crippen molar-refractivity contribution in [3.63, 3.8) is 0 Å². The minimum Gasteiger partial charge on any atom is -0.493 e. The molecular formula is C21H15ClN4O3S. The van der Waals surface area contributed by atoms with Gasteiger partial charge in [0, 0.05) is 22.4 Å². The maximum atomic E-state index is 12.5. The molecule has 1 aliphatic heterocycles. The quantitative estimate of drug-likeness (QED) is 0.509. The molecule has 1 amide bonds. The van der Waals surface area contributed by atoms with Crippen LogP contribution >= 0.6 is 22.9 Å². The summed E-state index contributed by atoms with van der Waals surface area (Å²) < 4.78 is 7.32. The summed E-state index contributed by atoms with van der Waals surface area (Å²) in [5.41, 5.74) is 7.96. The second-order valence-corrected chi connectivity index (χ2v) is 8.24. The number of hydrogen-bond acceptors (Lipinski definition) is 5. The zero-order valence-electron chi connectivity index (χ0n) is 15.5. The smallest absolute Gasteiger partial charge is 0.348 e. The van der Waals surface area contributed by atoms with E-state index in [0.717, 1.165) is 20.9 Å². The highest BCUT2D eigenvalue weighted by molar-refractivity contribution is 7.19. The maximum absolute atomic E-state index is 12.5. The van der Waals surface area contributed by atoms with Gasteiger partial charge in [0.15, 0.2) is 5.82 Å². The molecule has 0 saturated heterocycles. The fraction of sp³-hybridized carbons (Fsp3) is 0.0952. The Labute approximate surface area is 179 Å². The van der Waals surface area contributed by atoms with Crippen molar-refractivity contribution in [1.82, 2.24) is 14.8 Å². The largest absolute Gasteiger partial charge is 0.493 e. The standard InChI is InChI=1S/C21H15ClN4O3S/c22-14-3-1-2-4-15(14)26-20(24-25-21(26)28)17-10-11-7-8-29-16-9-12(19(23)27)5-6-13(16)18(11)30-17/h1-6,9-10H,7-8H2,(H2,23,27)(H,25,28). The first-order valence-corrected chi connectivity index (χ1v) is 10.3. The van der Waals surface area contributed by atoms with E-state index in [1.54, 1.807) is 30.3 Å². The molecule has 0 fully saturated rings. The Bertz CT molecular complexity index is 1350. The van der Waals surface area contributed by atoms with Crippen LogP contribution in [0.1, 0.15) is 15.9 Å². The number of amides is 1. The summed E-state index contributed by atoms with van der Waals surface area (Å²) in [7, 11) is 0. The van der Waals surface area contributed by atoms with Gasteiger partial charge in [0.25, 0.3) is 0 Å². The van der Waals surface area contributed by atoms with Crippen LogP contribution in [0.5, 0.6) is 5.75 Å². The average molecular weight is 439 g/mol. The fourth-order valence-corrected chi connectivity index (χ4v) is 4.97. The van der Waals surface area contributed by atoms with E-state index in [1.807, 2.05) is 18.2 Å². The van der Waals surface area contributed by atoms with Crippen molar-refractivity contribution in [2.45, 2.75) is 6.42 Å². The summed E-state index contributed by atoms with van der Waals surface area (Å²) in [6.45, 7) is 0.469. The number of hydrogen-bond donors (Lipinski definition) is 2. The molecule has 0 bridgehead atoms. The highest BCUT2D eigenvalue weighted by Crippen LogP contribution is 2.43. The molecule has 0 saturated carbocycles. The topological polar surface area (TPSA) is 103 Å². The van der Waals surface area contributed by atoms with Crippen molar-refractivity contribution in [2.75, 3.05) is 6.61 Å². The first-order chi connectivity index (χ1) is 14.5. The van der Waals surface area contributed by atoms with Gasteiger partial charge in [-0.05, 0) is 42.0 Å². The molecule has 30 heavy (non-hydrogen) atoms. The van der Waals surface area contributed by atoms with Crippen molar-refractivity contribution in [1.29, 1.82) is 0 Å². The Balaban J connectivity index is 1.66. The first kappa shape index (κ1) is 18.7. The number of halogens is 1.